The molecule has 0 unspecified atom stereocenters. The molecule has 0 aliphatic carbocycles. The van der Waals surface area contributed by atoms with Gasteiger partial charge in [0.1, 0.15) is 5.82 Å². The Morgan fingerprint density at radius 2 is 1.93 bits per heavy atom. The van der Waals surface area contributed by atoms with Gasteiger partial charge in [-0.3, -0.25) is 14.3 Å². The second-order valence-electron chi connectivity index (χ2n) is 8.01. The minimum atomic E-state index is -0.118. The van der Waals surface area contributed by atoms with Gasteiger partial charge in [0.15, 0.2) is 0 Å². The molecule has 0 spiro atoms. The second-order valence-corrected chi connectivity index (χ2v) is 9.01. The van der Waals surface area contributed by atoms with Crippen LogP contribution in [0.15, 0.2) is 29.4 Å². The highest BCUT2D eigenvalue weighted by Gasteiger charge is 2.21. The van der Waals surface area contributed by atoms with E-state index in [1.54, 1.807) is 23.0 Å². The quantitative estimate of drug-likeness (QED) is 0.779. The fraction of sp³-hybridized carbons (Fsp3) is 0.500. The smallest absolute Gasteiger partial charge is 0.255 e. The number of rotatable bonds is 5. The van der Waals surface area contributed by atoms with Crippen LogP contribution in [-0.4, -0.2) is 50.3 Å². The lowest BCUT2D eigenvalue weighted by molar-refractivity contribution is -0.113. The zero-order valence-electron chi connectivity index (χ0n) is 16.9. The predicted molar refractivity (Wildman–Crippen MR) is 111 cm³/mol. The van der Waals surface area contributed by atoms with Crippen LogP contribution >= 0.6 is 11.8 Å². The first-order chi connectivity index (χ1) is 13.2. The Labute approximate surface area is 169 Å². The molecule has 1 N–H and O–H groups in total. The molecule has 2 amide bonds. The van der Waals surface area contributed by atoms with E-state index in [0.717, 1.165) is 31.6 Å². The van der Waals surface area contributed by atoms with Crippen LogP contribution in [0.5, 0.6) is 0 Å². The van der Waals surface area contributed by atoms with Crippen molar-refractivity contribution in [3.8, 4) is 0 Å². The van der Waals surface area contributed by atoms with E-state index in [9.17, 15) is 9.59 Å². The maximum atomic E-state index is 12.3. The Kier molecular flexibility index (Phi) is 6.07. The van der Waals surface area contributed by atoms with Gasteiger partial charge >= 0.3 is 0 Å². The minimum absolute atomic E-state index is 0.0325. The number of carbonyl (C=O) groups excluding carboxylic acids is 2. The number of thioether (sulfide) groups is 1. The molecule has 7 nitrogen and oxygen atoms in total. The van der Waals surface area contributed by atoms with Crippen molar-refractivity contribution in [3.05, 3.63) is 35.7 Å². The van der Waals surface area contributed by atoms with Gasteiger partial charge in [-0.25, -0.2) is 4.98 Å². The molecule has 150 valence electrons. The molecule has 28 heavy (non-hydrogen) atoms. The van der Waals surface area contributed by atoms with E-state index in [0.29, 0.717) is 16.4 Å². The molecule has 2 aromatic rings. The van der Waals surface area contributed by atoms with Crippen LogP contribution in [0, 0.1) is 0 Å². The predicted octanol–water partition coefficient (Wildman–Crippen LogP) is 3.08. The average Bonchev–Trinajstić information content (AvgIpc) is 3.30. The maximum absolute atomic E-state index is 12.3. The van der Waals surface area contributed by atoms with Crippen LogP contribution < -0.4 is 5.32 Å². The molecule has 1 fully saturated rings. The number of nitrogens with one attached hydrogen (secondary N) is 1. The fourth-order valence-corrected chi connectivity index (χ4v) is 3.61. The van der Waals surface area contributed by atoms with Gasteiger partial charge in [0.2, 0.25) is 5.91 Å². The van der Waals surface area contributed by atoms with E-state index in [-0.39, 0.29) is 23.0 Å². The van der Waals surface area contributed by atoms with E-state index in [1.807, 2.05) is 18.0 Å². The van der Waals surface area contributed by atoms with Crippen LogP contribution in [0.3, 0.4) is 0 Å². The van der Waals surface area contributed by atoms with Crippen molar-refractivity contribution in [1.82, 2.24) is 19.7 Å². The zero-order valence-corrected chi connectivity index (χ0v) is 17.7. The Hall–Kier alpha value is -2.35. The summed E-state index contributed by atoms with van der Waals surface area (Å²) in [7, 11) is 1.82. The van der Waals surface area contributed by atoms with Crippen LogP contribution in [0.4, 0.5) is 5.82 Å². The van der Waals surface area contributed by atoms with Gasteiger partial charge in [-0.15, -0.1) is 0 Å². The molecule has 2 aromatic heterocycles. The van der Waals surface area contributed by atoms with E-state index in [1.165, 1.54) is 11.8 Å². The van der Waals surface area contributed by atoms with E-state index in [4.69, 9.17) is 0 Å². The van der Waals surface area contributed by atoms with Gasteiger partial charge in [0.05, 0.1) is 22.0 Å². The summed E-state index contributed by atoms with van der Waals surface area (Å²) in [5.41, 5.74) is 1.45. The summed E-state index contributed by atoms with van der Waals surface area (Å²) in [5, 5.41) is 8.07. The summed E-state index contributed by atoms with van der Waals surface area (Å²) in [5.74, 6) is 0.829. The third-order valence-electron chi connectivity index (χ3n) is 4.64. The summed E-state index contributed by atoms with van der Waals surface area (Å²) >= 11 is 1.34. The summed E-state index contributed by atoms with van der Waals surface area (Å²) in [6.45, 7) is 7.89. The van der Waals surface area contributed by atoms with Gasteiger partial charge in [-0.1, -0.05) is 32.5 Å². The van der Waals surface area contributed by atoms with E-state index >= 15 is 0 Å². The monoisotopic (exact) mass is 401 g/mol. The summed E-state index contributed by atoms with van der Waals surface area (Å²) < 4.78 is 1.68. The lowest BCUT2D eigenvalue weighted by atomic mass is 9.92. The standard InChI is InChI=1S/C20H27N5O2S/c1-20(2,3)15-11-16(24(4)23-15)22-17(26)13-28-18-8-7-14(12-21-18)19(27)25-9-5-6-10-25/h7-8,11-12H,5-6,9-10,13H2,1-4H3,(H,22,26). The fourth-order valence-electron chi connectivity index (χ4n) is 2.96. The van der Waals surface area contributed by atoms with Gasteiger partial charge in [0, 0.05) is 37.8 Å². The van der Waals surface area contributed by atoms with Crippen LogP contribution in [0.2, 0.25) is 0 Å². The van der Waals surface area contributed by atoms with Crippen molar-refractivity contribution in [2.75, 3.05) is 24.2 Å². The van der Waals surface area contributed by atoms with Crippen molar-refractivity contribution < 1.29 is 9.59 Å². The lowest BCUT2D eigenvalue weighted by Crippen LogP contribution is -2.27. The largest absolute Gasteiger partial charge is 0.339 e. The number of aromatic nitrogens is 3. The normalized spacial score (nSPS) is 14.4. The number of likely N-dealkylation sites (tertiary alicyclic amines) is 1. The molecule has 0 radical (unpaired) electrons. The van der Waals surface area contributed by atoms with Crippen molar-refractivity contribution >= 4 is 29.4 Å². The molecule has 0 saturated carbocycles. The van der Waals surface area contributed by atoms with Crippen LogP contribution in [0.25, 0.3) is 0 Å². The van der Waals surface area contributed by atoms with Gasteiger partial charge in [-0.05, 0) is 25.0 Å². The molecule has 8 heteroatoms. The first-order valence-corrected chi connectivity index (χ1v) is 10.4. The lowest BCUT2D eigenvalue weighted by Gasteiger charge is -2.14. The number of hydrogen-bond donors (Lipinski definition) is 1. The van der Waals surface area contributed by atoms with E-state index in [2.05, 4.69) is 36.2 Å². The average molecular weight is 402 g/mol. The van der Waals surface area contributed by atoms with Crippen LogP contribution in [-0.2, 0) is 17.3 Å². The first-order valence-electron chi connectivity index (χ1n) is 9.46. The molecule has 1 saturated heterocycles. The van der Waals surface area contributed by atoms with E-state index < -0.39 is 0 Å². The highest BCUT2D eigenvalue weighted by atomic mass is 32.2. The van der Waals surface area contributed by atoms with Crippen molar-refractivity contribution in [1.29, 1.82) is 0 Å². The molecule has 0 aromatic carbocycles. The SMILES string of the molecule is Cn1nc(C(C)(C)C)cc1NC(=O)CSc1ccc(C(=O)N2CCCC2)cn1. The molecular formula is C20H27N5O2S. The van der Waals surface area contributed by atoms with Crippen molar-refractivity contribution in [3.63, 3.8) is 0 Å². The second kappa shape index (κ2) is 8.34. The number of amides is 2. The Morgan fingerprint density at radius 3 is 2.50 bits per heavy atom. The van der Waals surface area contributed by atoms with Crippen LogP contribution in [0.1, 0.15) is 49.7 Å². The third-order valence-corrected chi connectivity index (χ3v) is 5.59. The first kappa shape index (κ1) is 20.4. The maximum Gasteiger partial charge on any atom is 0.255 e. The Balaban J connectivity index is 1.53. The summed E-state index contributed by atoms with van der Waals surface area (Å²) in [6, 6.07) is 5.48. The number of nitrogens with zero attached hydrogens (tertiary/aromatic N) is 4. The Bertz CT molecular complexity index is 848. The summed E-state index contributed by atoms with van der Waals surface area (Å²) in [6.07, 6.45) is 3.73. The van der Waals surface area contributed by atoms with Crippen molar-refractivity contribution in [2.45, 2.75) is 44.1 Å². The number of pyridine rings is 1. The van der Waals surface area contributed by atoms with Gasteiger partial charge in [0.25, 0.3) is 5.91 Å². The highest BCUT2D eigenvalue weighted by Crippen LogP contribution is 2.24. The molecule has 3 rings (SSSR count). The zero-order chi connectivity index (χ0) is 20.3. The minimum Gasteiger partial charge on any atom is -0.339 e. The molecule has 3 heterocycles. The molecule has 1 aliphatic heterocycles. The van der Waals surface area contributed by atoms with Crippen molar-refractivity contribution in [2.24, 2.45) is 7.05 Å². The molecular weight excluding hydrogens is 374 g/mol. The summed E-state index contributed by atoms with van der Waals surface area (Å²) in [4.78, 5) is 30.8. The molecule has 0 bridgehead atoms. The molecule has 0 atom stereocenters. The number of anilines is 1. The highest BCUT2D eigenvalue weighted by molar-refractivity contribution is 7.99. The van der Waals surface area contributed by atoms with Gasteiger partial charge in [-0.2, -0.15) is 5.10 Å². The number of carbonyl (C=O) groups is 2. The third kappa shape index (κ3) is 4.92. The molecule has 1 aliphatic rings. The topological polar surface area (TPSA) is 80.1 Å². The number of aryl methyl sites for hydroxylation is 1. The Morgan fingerprint density at radius 1 is 1.21 bits per heavy atom. The number of hydrogen-bond acceptors (Lipinski definition) is 5. The van der Waals surface area contributed by atoms with Gasteiger partial charge < -0.3 is 10.2 Å².